The zero-order valence-corrected chi connectivity index (χ0v) is 9.74. The molecule has 0 aliphatic heterocycles. The molecule has 1 aliphatic carbocycles. The van der Waals surface area contributed by atoms with E-state index >= 15 is 0 Å². The van der Waals surface area contributed by atoms with Crippen LogP contribution < -0.4 is 5.73 Å². The Bertz CT molecular complexity index is 331. The maximum atomic E-state index is 6.44. The highest BCUT2D eigenvalue weighted by Gasteiger charge is 2.31. The molecule has 0 bridgehead atoms. The van der Waals surface area contributed by atoms with Gasteiger partial charge < -0.3 is 5.73 Å². The average Bonchev–Trinajstić information content (AvgIpc) is 2.49. The highest BCUT2D eigenvalue weighted by atomic mass is 15.2. The topological polar surface area (TPSA) is 43.8 Å². The van der Waals surface area contributed by atoms with Gasteiger partial charge in [0.15, 0.2) is 0 Å². The van der Waals surface area contributed by atoms with Crippen molar-refractivity contribution in [3.05, 3.63) is 18.0 Å². The summed E-state index contributed by atoms with van der Waals surface area (Å²) in [7, 11) is 1.95. The van der Waals surface area contributed by atoms with Gasteiger partial charge in [-0.25, -0.2) is 0 Å². The number of nitrogens with two attached hydrogens (primary N) is 1. The van der Waals surface area contributed by atoms with Gasteiger partial charge in [0.25, 0.3) is 0 Å². The first-order chi connectivity index (χ1) is 7.07. The van der Waals surface area contributed by atoms with E-state index in [2.05, 4.69) is 18.1 Å². The van der Waals surface area contributed by atoms with Gasteiger partial charge in [0.2, 0.25) is 0 Å². The molecule has 0 amide bonds. The lowest BCUT2D eigenvalue weighted by Gasteiger charge is -2.36. The molecule has 2 unspecified atom stereocenters. The number of hydrogen-bond acceptors (Lipinski definition) is 2. The van der Waals surface area contributed by atoms with Crippen molar-refractivity contribution in [2.24, 2.45) is 18.7 Å². The maximum absolute atomic E-state index is 6.44. The molecule has 1 fully saturated rings. The van der Waals surface area contributed by atoms with Crippen molar-refractivity contribution in [1.29, 1.82) is 0 Å². The Morgan fingerprint density at radius 3 is 3.07 bits per heavy atom. The largest absolute Gasteiger partial charge is 0.325 e. The van der Waals surface area contributed by atoms with Crippen LogP contribution in [0.4, 0.5) is 0 Å². The lowest BCUT2D eigenvalue weighted by molar-refractivity contribution is 0.233. The van der Waals surface area contributed by atoms with Gasteiger partial charge >= 0.3 is 0 Å². The van der Waals surface area contributed by atoms with Crippen LogP contribution in [-0.4, -0.2) is 15.3 Å². The highest BCUT2D eigenvalue weighted by molar-refractivity contribution is 5.06. The molecule has 1 heterocycles. The first kappa shape index (κ1) is 10.7. The Kier molecular flexibility index (Phi) is 2.83. The minimum atomic E-state index is -0.00792. The van der Waals surface area contributed by atoms with Crippen LogP contribution in [0.2, 0.25) is 0 Å². The molecule has 0 aromatic carbocycles. The Morgan fingerprint density at radius 1 is 1.67 bits per heavy atom. The van der Waals surface area contributed by atoms with Crippen LogP contribution in [0.25, 0.3) is 0 Å². The number of nitrogens with zero attached hydrogens (tertiary/aromatic N) is 2. The van der Waals surface area contributed by atoms with Crippen LogP contribution in [0.1, 0.15) is 38.3 Å². The highest BCUT2D eigenvalue weighted by Crippen LogP contribution is 2.32. The van der Waals surface area contributed by atoms with Crippen molar-refractivity contribution < 1.29 is 0 Å². The fourth-order valence-corrected chi connectivity index (χ4v) is 2.78. The number of aromatic nitrogens is 2. The molecule has 1 aromatic rings. The molecular formula is C12H21N3. The molecule has 84 valence electrons. The van der Waals surface area contributed by atoms with Gasteiger partial charge in [0.05, 0.1) is 5.69 Å². The first-order valence-corrected chi connectivity index (χ1v) is 5.85. The summed E-state index contributed by atoms with van der Waals surface area (Å²) in [5.41, 5.74) is 7.57. The molecule has 3 nitrogen and oxygen atoms in total. The molecular weight excluding hydrogens is 186 g/mol. The summed E-state index contributed by atoms with van der Waals surface area (Å²) < 4.78 is 1.85. The van der Waals surface area contributed by atoms with Crippen molar-refractivity contribution in [2.45, 2.75) is 44.6 Å². The fraction of sp³-hybridized carbons (Fsp3) is 0.750. The van der Waals surface area contributed by atoms with E-state index in [1.165, 1.54) is 12.8 Å². The van der Waals surface area contributed by atoms with Gasteiger partial charge in [-0.05, 0) is 24.8 Å². The molecule has 0 saturated heterocycles. The van der Waals surface area contributed by atoms with Gasteiger partial charge in [-0.1, -0.05) is 19.8 Å². The molecule has 1 aromatic heterocycles. The fourth-order valence-electron chi connectivity index (χ4n) is 2.78. The first-order valence-electron chi connectivity index (χ1n) is 5.85. The predicted octanol–water partition coefficient (Wildman–Crippen LogP) is 1.87. The van der Waals surface area contributed by atoms with Crippen molar-refractivity contribution >= 4 is 0 Å². The molecule has 1 saturated carbocycles. The van der Waals surface area contributed by atoms with E-state index in [-0.39, 0.29) is 5.54 Å². The lowest BCUT2D eigenvalue weighted by Crippen LogP contribution is -2.45. The second-order valence-corrected chi connectivity index (χ2v) is 5.22. The van der Waals surface area contributed by atoms with Crippen LogP contribution >= 0.6 is 0 Å². The van der Waals surface area contributed by atoms with Crippen LogP contribution in [0, 0.1) is 5.92 Å². The minimum absolute atomic E-state index is 0.00792. The number of rotatable bonds is 2. The van der Waals surface area contributed by atoms with Crippen molar-refractivity contribution in [2.75, 3.05) is 0 Å². The van der Waals surface area contributed by atoms with E-state index in [0.29, 0.717) is 0 Å². The predicted molar refractivity (Wildman–Crippen MR) is 61.5 cm³/mol. The van der Waals surface area contributed by atoms with Crippen molar-refractivity contribution in [3.8, 4) is 0 Å². The van der Waals surface area contributed by atoms with Gasteiger partial charge in [0, 0.05) is 25.2 Å². The van der Waals surface area contributed by atoms with Crippen LogP contribution in [-0.2, 0) is 13.5 Å². The van der Waals surface area contributed by atoms with E-state index in [0.717, 1.165) is 30.9 Å². The zero-order valence-electron chi connectivity index (χ0n) is 9.74. The molecule has 0 spiro atoms. The van der Waals surface area contributed by atoms with E-state index in [9.17, 15) is 0 Å². The van der Waals surface area contributed by atoms with Gasteiger partial charge in [-0.2, -0.15) is 5.10 Å². The van der Waals surface area contributed by atoms with Crippen LogP contribution in [0.15, 0.2) is 12.3 Å². The van der Waals surface area contributed by atoms with E-state index < -0.39 is 0 Å². The molecule has 15 heavy (non-hydrogen) atoms. The summed E-state index contributed by atoms with van der Waals surface area (Å²) in [5.74, 6) is 0.771. The summed E-state index contributed by atoms with van der Waals surface area (Å²) in [4.78, 5) is 0. The Balaban J connectivity index is 2.03. The van der Waals surface area contributed by atoms with Crippen molar-refractivity contribution in [3.63, 3.8) is 0 Å². The zero-order chi connectivity index (χ0) is 10.9. The monoisotopic (exact) mass is 207 g/mol. The smallest absolute Gasteiger partial charge is 0.0642 e. The molecule has 2 N–H and O–H groups in total. The normalized spacial score (nSPS) is 31.8. The summed E-state index contributed by atoms with van der Waals surface area (Å²) >= 11 is 0. The van der Waals surface area contributed by atoms with Gasteiger partial charge in [-0.3, -0.25) is 4.68 Å². The number of aryl methyl sites for hydroxylation is 1. The number of hydrogen-bond donors (Lipinski definition) is 1. The Labute approximate surface area is 91.7 Å². The van der Waals surface area contributed by atoms with Crippen LogP contribution in [0.5, 0.6) is 0 Å². The second kappa shape index (κ2) is 3.97. The van der Waals surface area contributed by atoms with Crippen LogP contribution in [0.3, 0.4) is 0 Å². The summed E-state index contributed by atoms with van der Waals surface area (Å²) in [5, 5.41) is 4.41. The van der Waals surface area contributed by atoms with E-state index in [4.69, 9.17) is 5.73 Å². The molecule has 0 radical (unpaired) electrons. The van der Waals surface area contributed by atoms with Crippen molar-refractivity contribution in [1.82, 2.24) is 9.78 Å². The molecule has 2 rings (SSSR count). The quantitative estimate of drug-likeness (QED) is 0.804. The third-order valence-corrected chi connectivity index (χ3v) is 3.43. The summed E-state index contributed by atoms with van der Waals surface area (Å²) in [6.07, 6.45) is 7.81. The maximum Gasteiger partial charge on any atom is 0.0642 e. The molecule has 2 atom stereocenters. The standard InChI is InChI=1S/C12H21N3/c1-10-4-3-6-12(13,8-10)9-11-5-7-15(2)14-11/h5,7,10H,3-4,6,8-9,13H2,1-2H3. The summed E-state index contributed by atoms with van der Waals surface area (Å²) in [6.45, 7) is 2.30. The average molecular weight is 207 g/mol. The molecule has 3 heteroatoms. The summed E-state index contributed by atoms with van der Waals surface area (Å²) in [6, 6.07) is 2.08. The molecule has 1 aliphatic rings. The van der Waals surface area contributed by atoms with Gasteiger partial charge in [0.1, 0.15) is 0 Å². The Hall–Kier alpha value is -0.830. The SMILES string of the molecule is CC1CCCC(N)(Cc2ccn(C)n2)C1. The minimum Gasteiger partial charge on any atom is -0.325 e. The van der Waals surface area contributed by atoms with E-state index in [1.807, 2.05) is 17.9 Å². The third kappa shape index (κ3) is 2.59. The van der Waals surface area contributed by atoms with Gasteiger partial charge in [-0.15, -0.1) is 0 Å². The lowest BCUT2D eigenvalue weighted by atomic mass is 9.75. The second-order valence-electron chi connectivity index (χ2n) is 5.22. The Morgan fingerprint density at radius 2 is 2.47 bits per heavy atom. The third-order valence-electron chi connectivity index (χ3n) is 3.43. The van der Waals surface area contributed by atoms with E-state index in [1.54, 1.807) is 0 Å².